The van der Waals surface area contributed by atoms with Crippen LogP contribution in [0.3, 0.4) is 0 Å². The van der Waals surface area contributed by atoms with Crippen molar-refractivity contribution in [2.75, 3.05) is 13.7 Å². The molecule has 0 aromatic heterocycles. The Morgan fingerprint density at radius 2 is 1.95 bits per heavy atom. The number of rotatable bonds is 5. The molecule has 0 saturated heterocycles. The number of aromatic hydroxyl groups is 1. The Morgan fingerprint density at radius 1 is 1.14 bits per heavy atom. The van der Waals surface area contributed by atoms with Crippen LogP contribution in [-0.2, 0) is 15.9 Å². The number of allylic oxidation sites excluding steroid dienone is 1. The lowest BCUT2D eigenvalue weighted by Gasteiger charge is -2.08. The Labute approximate surface area is 129 Å². The number of carbonyl (C=O) groups excluding carboxylic acids is 1. The van der Waals surface area contributed by atoms with Crippen molar-refractivity contribution in [3.8, 4) is 16.9 Å². The molecular weight excluding hydrogens is 280 g/mol. The zero-order valence-electron chi connectivity index (χ0n) is 12.4. The largest absolute Gasteiger partial charge is 0.508 e. The van der Waals surface area contributed by atoms with Crippen molar-refractivity contribution in [3.63, 3.8) is 0 Å². The van der Waals surface area contributed by atoms with E-state index in [-0.39, 0.29) is 12.4 Å². The molecule has 2 rings (SSSR count). The van der Waals surface area contributed by atoms with Gasteiger partial charge >= 0.3 is 6.16 Å². The fraction of sp³-hybridized carbons (Fsp3) is 0.167. The van der Waals surface area contributed by atoms with E-state index in [9.17, 15) is 9.90 Å². The van der Waals surface area contributed by atoms with Crippen LogP contribution in [0.1, 0.15) is 5.56 Å². The quantitative estimate of drug-likeness (QED) is 0.671. The number of carbonyl (C=O) groups is 1. The van der Waals surface area contributed by atoms with E-state index in [1.165, 1.54) is 7.11 Å². The zero-order chi connectivity index (χ0) is 15.8. The van der Waals surface area contributed by atoms with Crippen molar-refractivity contribution in [2.24, 2.45) is 0 Å². The number of ether oxygens (including phenoxy) is 2. The highest BCUT2D eigenvalue weighted by Crippen LogP contribution is 2.26. The van der Waals surface area contributed by atoms with Gasteiger partial charge in [0.05, 0.1) is 7.11 Å². The predicted molar refractivity (Wildman–Crippen MR) is 84.7 cm³/mol. The van der Waals surface area contributed by atoms with Gasteiger partial charge in [-0.3, -0.25) is 0 Å². The molecule has 0 saturated carbocycles. The van der Waals surface area contributed by atoms with Crippen molar-refractivity contribution < 1.29 is 19.4 Å². The standard InChI is InChI=1S/C18H18O4/c1-21-18(20)22-12-5-4-8-14-7-2-3-11-17(14)15-9-6-10-16(19)13-15/h2-7,9-11,13,19H,8,12H2,1H3/b5-4+. The van der Waals surface area contributed by atoms with Gasteiger partial charge in [0.1, 0.15) is 12.4 Å². The second-order valence-electron chi connectivity index (χ2n) is 4.65. The fourth-order valence-electron chi connectivity index (χ4n) is 2.11. The summed E-state index contributed by atoms with van der Waals surface area (Å²) in [7, 11) is 1.28. The van der Waals surface area contributed by atoms with Crippen LogP contribution in [0, 0.1) is 0 Å². The zero-order valence-corrected chi connectivity index (χ0v) is 12.4. The van der Waals surface area contributed by atoms with E-state index in [0.717, 1.165) is 16.7 Å². The molecule has 0 unspecified atom stereocenters. The van der Waals surface area contributed by atoms with Crippen molar-refractivity contribution in [2.45, 2.75) is 6.42 Å². The molecule has 114 valence electrons. The summed E-state index contributed by atoms with van der Waals surface area (Å²) in [6, 6.07) is 15.2. The third kappa shape index (κ3) is 4.38. The van der Waals surface area contributed by atoms with Crippen molar-refractivity contribution >= 4 is 6.16 Å². The Bertz CT molecular complexity index is 662. The van der Waals surface area contributed by atoms with Crippen LogP contribution in [0.4, 0.5) is 4.79 Å². The number of hydrogen-bond donors (Lipinski definition) is 1. The maximum Gasteiger partial charge on any atom is 0.508 e. The van der Waals surface area contributed by atoms with Crippen LogP contribution < -0.4 is 0 Å². The average Bonchev–Trinajstić information content (AvgIpc) is 2.54. The van der Waals surface area contributed by atoms with E-state index in [2.05, 4.69) is 4.74 Å². The monoisotopic (exact) mass is 298 g/mol. The maximum atomic E-state index is 10.8. The van der Waals surface area contributed by atoms with E-state index in [4.69, 9.17) is 4.74 Å². The van der Waals surface area contributed by atoms with Crippen molar-refractivity contribution in [3.05, 3.63) is 66.2 Å². The highest BCUT2D eigenvalue weighted by atomic mass is 16.7. The molecule has 0 fully saturated rings. The third-order valence-corrected chi connectivity index (χ3v) is 3.14. The minimum absolute atomic E-state index is 0.182. The molecule has 2 aromatic carbocycles. The highest BCUT2D eigenvalue weighted by molar-refractivity contribution is 5.68. The topological polar surface area (TPSA) is 55.8 Å². The smallest absolute Gasteiger partial charge is 0.508 e. The van der Waals surface area contributed by atoms with E-state index in [1.807, 2.05) is 42.5 Å². The molecule has 0 bridgehead atoms. The van der Waals surface area contributed by atoms with Crippen molar-refractivity contribution in [1.29, 1.82) is 0 Å². The molecule has 22 heavy (non-hydrogen) atoms. The number of benzene rings is 2. The number of phenols is 1. The van der Waals surface area contributed by atoms with Crippen molar-refractivity contribution in [1.82, 2.24) is 0 Å². The van der Waals surface area contributed by atoms with Gasteiger partial charge in [-0.05, 0) is 35.2 Å². The number of phenolic OH excluding ortho intramolecular Hbond substituents is 1. The lowest BCUT2D eigenvalue weighted by atomic mass is 9.97. The molecule has 0 heterocycles. The molecule has 0 amide bonds. The van der Waals surface area contributed by atoms with Crippen LogP contribution in [0.25, 0.3) is 11.1 Å². The molecule has 2 aromatic rings. The predicted octanol–water partition coefficient (Wildman–Crippen LogP) is 3.94. The summed E-state index contributed by atoms with van der Waals surface area (Å²) in [6.45, 7) is 0.182. The minimum Gasteiger partial charge on any atom is -0.508 e. The van der Waals surface area contributed by atoms with Gasteiger partial charge in [-0.1, -0.05) is 48.6 Å². The highest BCUT2D eigenvalue weighted by Gasteiger charge is 2.04. The van der Waals surface area contributed by atoms with Crippen LogP contribution >= 0.6 is 0 Å². The average molecular weight is 298 g/mol. The van der Waals surface area contributed by atoms with Crippen LogP contribution in [-0.4, -0.2) is 25.0 Å². The second-order valence-corrected chi connectivity index (χ2v) is 4.65. The Hall–Kier alpha value is -2.75. The van der Waals surface area contributed by atoms with E-state index in [1.54, 1.807) is 18.2 Å². The molecule has 4 nitrogen and oxygen atoms in total. The fourth-order valence-corrected chi connectivity index (χ4v) is 2.11. The summed E-state index contributed by atoms with van der Waals surface area (Å²) >= 11 is 0. The number of methoxy groups -OCH3 is 1. The minimum atomic E-state index is -0.690. The summed E-state index contributed by atoms with van der Waals surface area (Å²) in [5.41, 5.74) is 3.16. The maximum absolute atomic E-state index is 10.8. The first-order chi connectivity index (χ1) is 10.7. The van der Waals surface area contributed by atoms with Gasteiger partial charge in [0.15, 0.2) is 0 Å². The summed E-state index contributed by atoms with van der Waals surface area (Å²) in [4.78, 5) is 10.8. The first-order valence-corrected chi connectivity index (χ1v) is 6.94. The van der Waals surface area contributed by atoms with Crippen LogP contribution in [0.2, 0.25) is 0 Å². The van der Waals surface area contributed by atoms with E-state index < -0.39 is 6.16 Å². The Balaban J connectivity index is 2.06. The SMILES string of the molecule is COC(=O)OC/C=C/Cc1ccccc1-c1cccc(O)c1. The molecule has 0 spiro atoms. The molecule has 0 aliphatic rings. The Kier molecular flexibility index (Phi) is 5.60. The molecule has 0 aliphatic heterocycles. The van der Waals surface area contributed by atoms with Gasteiger partial charge in [-0.15, -0.1) is 0 Å². The summed E-state index contributed by atoms with van der Waals surface area (Å²) in [5, 5.41) is 9.61. The third-order valence-electron chi connectivity index (χ3n) is 3.14. The molecule has 4 heteroatoms. The normalized spacial score (nSPS) is 10.6. The number of hydrogen-bond acceptors (Lipinski definition) is 4. The lowest BCUT2D eigenvalue weighted by Crippen LogP contribution is -2.03. The molecule has 0 aliphatic carbocycles. The van der Waals surface area contributed by atoms with Crippen LogP contribution in [0.5, 0.6) is 5.75 Å². The summed E-state index contributed by atoms with van der Waals surface area (Å²) in [5.74, 6) is 0.245. The summed E-state index contributed by atoms with van der Waals surface area (Å²) in [6.07, 6.45) is 3.72. The molecule has 1 N–H and O–H groups in total. The lowest BCUT2D eigenvalue weighted by molar-refractivity contribution is 0.0818. The van der Waals surface area contributed by atoms with Gasteiger partial charge in [-0.2, -0.15) is 0 Å². The first-order valence-electron chi connectivity index (χ1n) is 6.94. The van der Waals surface area contributed by atoms with Gasteiger partial charge in [0.25, 0.3) is 0 Å². The first kappa shape index (κ1) is 15.6. The molecule has 0 radical (unpaired) electrons. The second kappa shape index (κ2) is 7.88. The van der Waals surface area contributed by atoms with Gasteiger partial charge < -0.3 is 14.6 Å². The van der Waals surface area contributed by atoms with E-state index >= 15 is 0 Å². The Morgan fingerprint density at radius 3 is 2.73 bits per heavy atom. The van der Waals surface area contributed by atoms with Gasteiger partial charge in [-0.25, -0.2) is 4.79 Å². The summed E-state index contributed by atoms with van der Waals surface area (Å²) < 4.78 is 9.16. The van der Waals surface area contributed by atoms with Gasteiger partial charge in [0.2, 0.25) is 0 Å². The molecule has 0 atom stereocenters. The van der Waals surface area contributed by atoms with E-state index in [0.29, 0.717) is 6.42 Å². The van der Waals surface area contributed by atoms with Gasteiger partial charge in [0, 0.05) is 0 Å². The molecular formula is C18H18O4. The van der Waals surface area contributed by atoms with Crippen LogP contribution in [0.15, 0.2) is 60.7 Å².